The topological polar surface area (TPSA) is 56.1 Å². The van der Waals surface area contributed by atoms with Crippen LogP contribution in [0.15, 0.2) is 30.3 Å². The predicted octanol–water partition coefficient (Wildman–Crippen LogP) is 2.75. The molecule has 2 aliphatic rings. The normalized spacial score (nSPS) is 21.7. The van der Waals surface area contributed by atoms with Crippen molar-refractivity contribution in [2.45, 2.75) is 44.6 Å². The van der Waals surface area contributed by atoms with Crippen molar-refractivity contribution in [3.63, 3.8) is 0 Å². The molecule has 1 aromatic carbocycles. The van der Waals surface area contributed by atoms with Crippen LogP contribution in [0.2, 0.25) is 0 Å². The fraction of sp³-hybridized carbons (Fsp3) is 0.600. The van der Waals surface area contributed by atoms with Crippen LogP contribution in [0.1, 0.15) is 38.2 Å². The molecule has 3 rings (SSSR count). The molecule has 1 aromatic rings. The standard InChI is InChI=1S/C20H27N3O/c1-20(15-21,18-7-8-18)22-19(24)14-23-11-9-17(10-12-23)13-16-5-3-2-4-6-16/h2-6,17-18H,7-14H2,1H3,(H,22,24)/t20-/m0/s1. The van der Waals surface area contributed by atoms with Crippen molar-refractivity contribution < 1.29 is 4.79 Å². The van der Waals surface area contributed by atoms with Crippen molar-refractivity contribution in [1.29, 1.82) is 5.26 Å². The minimum atomic E-state index is -0.678. The van der Waals surface area contributed by atoms with E-state index in [4.69, 9.17) is 0 Å². The number of nitrogens with zero attached hydrogens (tertiary/aromatic N) is 2. The Morgan fingerprint density at radius 2 is 1.92 bits per heavy atom. The average molecular weight is 325 g/mol. The van der Waals surface area contributed by atoms with E-state index in [2.05, 4.69) is 46.6 Å². The van der Waals surface area contributed by atoms with Crippen LogP contribution < -0.4 is 5.32 Å². The summed E-state index contributed by atoms with van der Waals surface area (Å²) < 4.78 is 0. The molecule has 0 spiro atoms. The Morgan fingerprint density at radius 3 is 2.50 bits per heavy atom. The highest BCUT2D eigenvalue weighted by Gasteiger charge is 2.43. The average Bonchev–Trinajstić information content (AvgIpc) is 3.43. The number of piperidine rings is 1. The lowest BCUT2D eigenvalue weighted by Crippen LogP contribution is -2.51. The zero-order valence-corrected chi connectivity index (χ0v) is 14.5. The lowest BCUT2D eigenvalue weighted by Gasteiger charge is -2.32. The first-order valence-electron chi connectivity index (χ1n) is 9.07. The van der Waals surface area contributed by atoms with Crippen molar-refractivity contribution in [2.24, 2.45) is 11.8 Å². The summed E-state index contributed by atoms with van der Waals surface area (Å²) in [7, 11) is 0. The van der Waals surface area contributed by atoms with E-state index in [-0.39, 0.29) is 5.91 Å². The quantitative estimate of drug-likeness (QED) is 0.875. The van der Waals surface area contributed by atoms with E-state index >= 15 is 0 Å². The molecule has 0 radical (unpaired) electrons. The second-order valence-electron chi connectivity index (χ2n) is 7.55. The molecule has 0 bridgehead atoms. The van der Waals surface area contributed by atoms with Crippen molar-refractivity contribution in [2.75, 3.05) is 19.6 Å². The zero-order valence-electron chi connectivity index (χ0n) is 14.5. The number of carbonyl (C=O) groups is 1. The summed E-state index contributed by atoms with van der Waals surface area (Å²) >= 11 is 0. The van der Waals surface area contributed by atoms with Crippen LogP contribution in [0.3, 0.4) is 0 Å². The van der Waals surface area contributed by atoms with E-state index in [0.717, 1.165) is 45.2 Å². The number of nitrogens with one attached hydrogen (secondary N) is 1. The zero-order chi connectivity index (χ0) is 17.0. The van der Waals surface area contributed by atoms with E-state index in [9.17, 15) is 10.1 Å². The van der Waals surface area contributed by atoms with E-state index in [0.29, 0.717) is 18.4 Å². The molecule has 1 heterocycles. The number of amides is 1. The van der Waals surface area contributed by atoms with Crippen LogP contribution in [0.5, 0.6) is 0 Å². The van der Waals surface area contributed by atoms with Gasteiger partial charge in [-0.25, -0.2) is 0 Å². The minimum absolute atomic E-state index is 0.00698. The fourth-order valence-electron chi connectivity index (χ4n) is 3.71. The van der Waals surface area contributed by atoms with Gasteiger partial charge < -0.3 is 5.32 Å². The van der Waals surface area contributed by atoms with Gasteiger partial charge in [-0.1, -0.05) is 30.3 Å². The first-order valence-corrected chi connectivity index (χ1v) is 9.07. The Balaban J connectivity index is 1.42. The summed E-state index contributed by atoms with van der Waals surface area (Å²) in [6, 6.07) is 12.9. The van der Waals surface area contributed by atoms with Gasteiger partial charge in [0.05, 0.1) is 12.6 Å². The van der Waals surface area contributed by atoms with Gasteiger partial charge in [0.2, 0.25) is 5.91 Å². The SMILES string of the molecule is C[C@@](C#N)(NC(=O)CN1CCC(Cc2ccccc2)CC1)C1CC1. The number of likely N-dealkylation sites (tertiary alicyclic amines) is 1. The first kappa shape index (κ1) is 17.0. The van der Waals surface area contributed by atoms with Crippen molar-refractivity contribution in [3.8, 4) is 6.07 Å². The molecule has 4 heteroatoms. The third-order valence-electron chi connectivity index (χ3n) is 5.47. The maximum absolute atomic E-state index is 12.3. The summed E-state index contributed by atoms with van der Waals surface area (Å²) in [5.74, 6) is 1.04. The molecule has 1 aliphatic carbocycles. The molecule has 1 saturated carbocycles. The number of benzene rings is 1. The fourth-order valence-corrected chi connectivity index (χ4v) is 3.71. The largest absolute Gasteiger partial charge is 0.337 e. The highest BCUT2D eigenvalue weighted by atomic mass is 16.2. The predicted molar refractivity (Wildman–Crippen MR) is 94.2 cm³/mol. The first-order chi connectivity index (χ1) is 11.6. The number of hydrogen-bond acceptors (Lipinski definition) is 3. The number of carbonyl (C=O) groups excluding carboxylic acids is 1. The second kappa shape index (κ2) is 7.36. The van der Waals surface area contributed by atoms with Crippen LogP contribution in [0.4, 0.5) is 0 Å². The van der Waals surface area contributed by atoms with E-state index in [1.54, 1.807) is 0 Å². The Morgan fingerprint density at radius 1 is 1.25 bits per heavy atom. The molecule has 4 nitrogen and oxygen atoms in total. The Hall–Kier alpha value is -1.86. The number of nitriles is 1. The number of rotatable bonds is 6. The minimum Gasteiger partial charge on any atom is -0.337 e. The van der Waals surface area contributed by atoms with Crippen LogP contribution in [-0.2, 0) is 11.2 Å². The molecule has 1 amide bonds. The van der Waals surface area contributed by atoms with Gasteiger partial charge in [0.1, 0.15) is 5.54 Å². The van der Waals surface area contributed by atoms with Crippen LogP contribution in [-0.4, -0.2) is 36.0 Å². The van der Waals surface area contributed by atoms with Gasteiger partial charge in [-0.15, -0.1) is 0 Å². The van der Waals surface area contributed by atoms with Gasteiger partial charge >= 0.3 is 0 Å². The summed E-state index contributed by atoms with van der Waals surface area (Å²) in [5, 5.41) is 12.3. The van der Waals surface area contributed by atoms with Gasteiger partial charge in [0.25, 0.3) is 0 Å². The molecular formula is C20H27N3O. The maximum atomic E-state index is 12.3. The Labute approximate surface area is 144 Å². The third-order valence-corrected chi connectivity index (χ3v) is 5.47. The van der Waals surface area contributed by atoms with Gasteiger partial charge in [-0.2, -0.15) is 5.26 Å². The van der Waals surface area contributed by atoms with E-state index in [1.165, 1.54) is 5.56 Å². The number of hydrogen-bond donors (Lipinski definition) is 1. The molecule has 1 N–H and O–H groups in total. The van der Waals surface area contributed by atoms with E-state index < -0.39 is 5.54 Å². The Kier molecular flexibility index (Phi) is 5.20. The Bertz CT molecular complexity index is 597. The molecule has 2 fully saturated rings. The van der Waals surface area contributed by atoms with Crippen LogP contribution in [0, 0.1) is 23.2 Å². The highest BCUT2D eigenvalue weighted by molar-refractivity contribution is 5.79. The van der Waals surface area contributed by atoms with Gasteiger partial charge in [0, 0.05) is 0 Å². The summed E-state index contributed by atoms with van der Waals surface area (Å²) in [4.78, 5) is 14.5. The molecule has 1 atom stereocenters. The summed E-state index contributed by atoms with van der Waals surface area (Å²) in [6.07, 6.45) is 5.51. The lowest BCUT2D eigenvalue weighted by atomic mass is 9.90. The van der Waals surface area contributed by atoms with Crippen LogP contribution in [0.25, 0.3) is 0 Å². The van der Waals surface area contributed by atoms with Crippen LogP contribution >= 0.6 is 0 Å². The van der Waals surface area contributed by atoms with Gasteiger partial charge in [-0.05, 0) is 69.5 Å². The third kappa shape index (κ3) is 4.36. The summed E-state index contributed by atoms with van der Waals surface area (Å²) in [5.41, 5.74) is 0.728. The molecule has 1 saturated heterocycles. The van der Waals surface area contributed by atoms with E-state index in [1.807, 2.05) is 6.92 Å². The van der Waals surface area contributed by atoms with Crippen molar-refractivity contribution in [3.05, 3.63) is 35.9 Å². The second-order valence-corrected chi connectivity index (χ2v) is 7.55. The molecule has 0 unspecified atom stereocenters. The smallest absolute Gasteiger partial charge is 0.235 e. The molecule has 128 valence electrons. The highest BCUT2D eigenvalue weighted by Crippen LogP contribution is 2.39. The molecular weight excluding hydrogens is 298 g/mol. The van der Waals surface area contributed by atoms with Crippen molar-refractivity contribution >= 4 is 5.91 Å². The lowest BCUT2D eigenvalue weighted by molar-refractivity contribution is -0.124. The maximum Gasteiger partial charge on any atom is 0.235 e. The monoisotopic (exact) mass is 325 g/mol. The van der Waals surface area contributed by atoms with Gasteiger partial charge in [0.15, 0.2) is 0 Å². The summed E-state index contributed by atoms with van der Waals surface area (Å²) in [6.45, 7) is 4.21. The molecule has 24 heavy (non-hydrogen) atoms. The molecule has 1 aliphatic heterocycles. The molecule has 0 aromatic heterocycles. The van der Waals surface area contributed by atoms with Crippen molar-refractivity contribution in [1.82, 2.24) is 10.2 Å². The van der Waals surface area contributed by atoms with Gasteiger partial charge in [-0.3, -0.25) is 9.69 Å².